The van der Waals surface area contributed by atoms with Crippen LogP contribution in [-0.2, 0) is 7.05 Å². The van der Waals surface area contributed by atoms with E-state index < -0.39 is 0 Å². The van der Waals surface area contributed by atoms with Crippen LogP contribution < -0.4 is 4.74 Å². The van der Waals surface area contributed by atoms with E-state index >= 15 is 0 Å². The Morgan fingerprint density at radius 1 is 1.29 bits per heavy atom. The number of unbranched alkanes of at least 4 members (excludes halogenated alkanes) is 1. The summed E-state index contributed by atoms with van der Waals surface area (Å²) in [6.45, 7) is 5.26. The van der Waals surface area contributed by atoms with Crippen molar-refractivity contribution >= 4 is 0 Å². The molecular weight excluding hydrogens is 262 g/mol. The molecule has 4 heteroatoms. The third kappa shape index (κ3) is 4.59. The maximum Gasteiger partial charge on any atom is 0.119 e. The summed E-state index contributed by atoms with van der Waals surface area (Å²) in [5.41, 5.74) is 1.92. The standard InChI is InChI=1S/C17H25N3O/c1-4-6-8-14(5-2)13-21-16-10-7-9-15(11-16)17-12-18-20(3)19-17/h7,9-12,14H,4-6,8,13H2,1-3H3. The fraction of sp³-hybridized carbons (Fsp3) is 0.529. The van der Waals surface area contributed by atoms with Gasteiger partial charge in [-0.3, -0.25) is 0 Å². The highest BCUT2D eigenvalue weighted by Gasteiger charge is 2.08. The molecule has 0 saturated heterocycles. The lowest BCUT2D eigenvalue weighted by atomic mass is 10.0. The molecule has 2 rings (SSSR count). The van der Waals surface area contributed by atoms with Crippen molar-refractivity contribution in [3.8, 4) is 17.0 Å². The van der Waals surface area contributed by atoms with Crippen molar-refractivity contribution < 1.29 is 4.74 Å². The number of hydrogen-bond acceptors (Lipinski definition) is 3. The van der Waals surface area contributed by atoms with Crippen molar-refractivity contribution in [1.82, 2.24) is 15.0 Å². The zero-order valence-electron chi connectivity index (χ0n) is 13.2. The molecule has 21 heavy (non-hydrogen) atoms. The fourth-order valence-corrected chi connectivity index (χ4v) is 2.34. The number of aryl methyl sites for hydroxylation is 1. The topological polar surface area (TPSA) is 39.9 Å². The fourth-order valence-electron chi connectivity index (χ4n) is 2.34. The molecule has 1 atom stereocenters. The molecule has 0 fully saturated rings. The van der Waals surface area contributed by atoms with Crippen LogP contribution in [0.15, 0.2) is 30.5 Å². The Labute approximate surface area is 127 Å². The second-order valence-corrected chi connectivity index (χ2v) is 5.47. The summed E-state index contributed by atoms with van der Waals surface area (Å²) in [6, 6.07) is 8.08. The Kier molecular flexibility index (Phi) is 5.78. The first kappa shape index (κ1) is 15.5. The van der Waals surface area contributed by atoms with Crippen molar-refractivity contribution in [1.29, 1.82) is 0 Å². The minimum absolute atomic E-state index is 0.644. The van der Waals surface area contributed by atoms with Crippen LogP contribution in [0.4, 0.5) is 0 Å². The van der Waals surface area contributed by atoms with Gasteiger partial charge in [0, 0.05) is 12.6 Å². The van der Waals surface area contributed by atoms with Gasteiger partial charge in [0.25, 0.3) is 0 Å². The van der Waals surface area contributed by atoms with E-state index in [2.05, 4.69) is 24.0 Å². The lowest BCUT2D eigenvalue weighted by Gasteiger charge is -2.15. The predicted molar refractivity (Wildman–Crippen MR) is 85.2 cm³/mol. The average molecular weight is 287 g/mol. The molecule has 0 aliphatic rings. The van der Waals surface area contributed by atoms with Gasteiger partial charge < -0.3 is 4.74 Å². The SMILES string of the molecule is CCCCC(CC)COc1cccc(-c2cnn(C)n2)c1. The van der Waals surface area contributed by atoms with E-state index in [0.29, 0.717) is 5.92 Å². The average Bonchev–Trinajstić information content (AvgIpc) is 2.94. The lowest BCUT2D eigenvalue weighted by Crippen LogP contribution is -2.11. The predicted octanol–water partition coefficient (Wildman–Crippen LogP) is 4.08. The number of benzene rings is 1. The summed E-state index contributed by atoms with van der Waals surface area (Å²) in [6.07, 6.45) is 6.72. The van der Waals surface area contributed by atoms with Crippen molar-refractivity contribution in [2.24, 2.45) is 13.0 Å². The van der Waals surface area contributed by atoms with Crippen LogP contribution in [0.2, 0.25) is 0 Å². The van der Waals surface area contributed by atoms with E-state index in [1.54, 1.807) is 11.0 Å². The van der Waals surface area contributed by atoms with E-state index in [-0.39, 0.29) is 0 Å². The van der Waals surface area contributed by atoms with Crippen molar-refractivity contribution in [3.63, 3.8) is 0 Å². The van der Waals surface area contributed by atoms with E-state index in [9.17, 15) is 0 Å². The van der Waals surface area contributed by atoms with Gasteiger partial charge in [-0.25, -0.2) is 0 Å². The summed E-state index contributed by atoms with van der Waals surface area (Å²) in [5, 5.41) is 8.43. The van der Waals surface area contributed by atoms with Gasteiger partial charge in [-0.1, -0.05) is 45.2 Å². The number of nitrogens with zero attached hydrogens (tertiary/aromatic N) is 3. The molecule has 0 aliphatic heterocycles. The van der Waals surface area contributed by atoms with E-state index in [4.69, 9.17) is 4.74 Å². The monoisotopic (exact) mass is 287 g/mol. The Bertz CT molecular complexity index is 550. The largest absolute Gasteiger partial charge is 0.493 e. The smallest absolute Gasteiger partial charge is 0.119 e. The minimum atomic E-state index is 0.644. The van der Waals surface area contributed by atoms with Crippen LogP contribution in [0.1, 0.15) is 39.5 Å². The quantitative estimate of drug-likeness (QED) is 0.734. The number of hydrogen-bond donors (Lipinski definition) is 0. The third-order valence-electron chi connectivity index (χ3n) is 3.76. The highest BCUT2D eigenvalue weighted by Crippen LogP contribution is 2.23. The number of rotatable bonds is 8. The maximum absolute atomic E-state index is 5.97. The molecule has 0 saturated carbocycles. The molecule has 2 aromatic rings. The van der Waals surface area contributed by atoms with Crippen LogP contribution in [-0.4, -0.2) is 21.6 Å². The van der Waals surface area contributed by atoms with Crippen LogP contribution in [0.25, 0.3) is 11.3 Å². The second kappa shape index (κ2) is 7.81. The van der Waals surface area contributed by atoms with Crippen LogP contribution >= 0.6 is 0 Å². The summed E-state index contributed by atoms with van der Waals surface area (Å²) >= 11 is 0. The van der Waals surface area contributed by atoms with Gasteiger partial charge in [0.2, 0.25) is 0 Å². The van der Waals surface area contributed by atoms with Crippen molar-refractivity contribution in [2.45, 2.75) is 39.5 Å². The highest BCUT2D eigenvalue weighted by atomic mass is 16.5. The van der Waals surface area contributed by atoms with Crippen molar-refractivity contribution in [2.75, 3.05) is 6.61 Å². The molecule has 0 bridgehead atoms. The molecule has 0 aliphatic carbocycles. The van der Waals surface area contributed by atoms with Crippen LogP contribution in [0.5, 0.6) is 5.75 Å². The Morgan fingerprint density at radius 3 is 2.81 bits per heavy atom. The molecule has 0 radical (unpaired) electrons. The molecule has 114 valence electrons. The van der Waals surface area contributed by atoms with Gasteiger partial charge in [-0.15, -0.1) is 0 Å². The molecule has 0 N–H and O–H groups in total. The molecule has 4 nitrogen and oxygen atoms in total. The van der Waals surface area contributed by atoms with Gasteiger partial charge >= 0.3 is 0 Å². The van der Waals surface area contributed by atoms with E-state index in [1.165, 1.54) is 25.7 Å². The first-order valence-electron chi connectivity index (χ1n) is 7.82. The lowest BCUT2D eigenvalue weighted by molar-refractivity contribution is 0.233. The van der Waals surface area contributed by atoms with Gasteiger partial charge in [-0.05, 0) is 24.5 Å². The maximum atomic E-state index is 5.97. The van der Waals surface area contributed by atoms with Gasteiger partial charge in [0.05, 0.1) is 12.8 Å². The second-order valence-electron chi connectivity index (χ2n) is 5.47. The summed E-state index contributed by atoms with van der Waals surface area (Å²) in [5.74, 6) is 1.55. The van der Waals surface area contributed by atoms with Crippen LogP contribution in [0.3, 0.4) is 0 Å². The van der Waals surface area contributed by atoms with Crippen molar-refractivity contribution in [3.05, 3.63) is 30.5 Å². The Balaban J connectivity index is 1.97. The molecule has 0 amide bonds. The summed E-state index contributed by atoms with van der Waals surface area (Å²) in [4.78, 5) is 1.57. The van der Waals surface area contributed by atoms with Gasteiger partial charge in [0.1, 0.15) is 11.4 Å². The zero-order chi connectivity index (χ0) is 15.1. The Morgan fingerprint density at radius 2 is 2.14 bits per heavy atom. The van der Waals surface area contributed by atoms with Gasteiger partial charge in [0.15, 0.2) is 0 Å². The van der Waals surface area contributed by atoms with Crippen LogP contribution in [0, 0.1) is 5.92 Å². The minimum Gasteiger partial charge on any atom is -0.493 e. The molecule has 1 unspecified atom stereocenters. The number of ether oxygens (including phenoxy) is 1. The normalized spacial score (nSPS) is 12.3. The first-order valence-corrected chi connectivity index (χ1v) is 7.82. The molecule has 1 heterocycles. The molecule has 1 aromatic heterocycles. The summed E-state index contributed by atoms with van der Waals surface area (Å²) < 4.78 is 5.97. The molecule has 1 aromatic carbocycles. The first-order chi connectivity index (χ1) is 10.2. The van der Waals surface area contributed by atoms with E-state index in [1.807, 2.05) is 31.3 Å². The zero-order valence-corrected chi connectivity index (χ0v) is 13.2. The van der Waals surface area contributed by atoms with E-state index in [0.717, 1.165) is 23.6 Å². The Hall–Kier alpha value is -1.84. The number of aromatic nitrogens is 3. The highest BCUT2D eigenvalue weighted by molar-refractivity contribution is 5.59. The molecule has 0 spiro atoms. The van der Waals surface area contributed by atoms with Gasteiger partial charge in [-0.2, -0.15) is 15.0 Å². The third-order valence-corrected chi connectivity index (χ3v) is 3.76. The molecular formula is C17H25N3O. The summed E-state index contributed by atoms with van der Waals surface area (Å²) in [7, 11) is 1.82.